The van der Waals surface area contributed by atoms with Gasteiger partial charge in [-0.3, -0.25) is 4.79 Å². The number of carbonyl (C=O) groups is 1. The van der Waals surface area contributed by atoms with Crippen LogP contribution in [0, 0.1) is 5.92 Å². The highest BCUT2D eigenvalue weighted by atomic mass is 16.1. The van der Waals surface area contributed by atoms with Crippen molar-refractivity contribution >= 4 is 5.91 Å². The van der Waals surface area contributed by atoms with E-state index in [-0.39, 0.29) is 17.9 Å². The molecule has 4 N–H and O–H groups in total. The Morgan fingerprint density at radius 2 is 2.00 bits per heavy atom. The Morgan fingerprint density at radius 1 is 1.43 bits per heavy atom. The zero-order chi connectivity index (χ0) is 10.6. The number of nitrogens with one attached hydrogen (secondary N) is 2. The van der Waals surface area contributed by atoms with E-state index in [0.717, 1.165) is 25.9 Å². The van der Waals surface area contributed by atoms with Crippen LogP contribution >= 0.6 is 0 Å². The number of piperidine rings is 1. The molecule has 14 heavy (non-hydrogen) atoms. The van der Waals surface area contributed by atoms with Gasteiger partial charge in [-0.15, -0.1) is 0 Å². The lowest BCUT2D eigenvalue weighted by molar-refractivity contribution is -0.125. The highest BCUT2D eigenvalue weighted by Gasteiger charge is 2.21. The first-order chi connectivity index (χ1) is 6.61. The molecule has 1 amide bonds. The number of hydrogen-bond acceptors (Lipinski definition) is 3. The molecule has 1 rings (SSSR count). The summed E-state index contributed by atoms with van der Waals surface area (Å²) in [5.41, 5.74) is 5.67. The smallest absolute Gasteiger partial charge is 0.224 e. The molecule has 1 fully saturated rings. The number of carbonyl (C=O) groups excluding carboxylic acids is 1. The summed E-state index contributed by atoms with van der Waals surface area (Å²) < 4.78 is 0. The molecule has 1 heterocycles. The van der Waals surface area contributed by atoms with Crippen molar-refractivity contribution in [2.24, 2.45) is 11.7 Å². The van der Waals surface area contributed by atoms with Gasteiger partial charge >= 0.3 is 0 Å². The van der Waals surface area contributed by atoms with Crippen LogP contribution in [0.25, 0.3) is 0 Å². The second-order valence-electron chi connectivity index (χ2n) is 4.18. The SMILES string of the molecule is CC(N)C(C)C(=O)NC1CCNCC1. The first kappa shape index (κ1) is 11.5. The van der Waals surface area contributed by atoms with Gasteiger partial charge < -0.3 is 16.4 Å². The Kier molecular flexibility index (Phi) is 4.35. The highest BCUT2D eigenvalue weighted by Crippen LogP contribution is 2.05. The molecule has 1 saturated heterocycles. The minimum atomic E-state index is -0.0927. The molecule has 0 bridgehead atoms. The van der Waals surface area contributed by atoms with Crippen molar-refractivity contribution in [2.45, 2.75) is 38.8 Å². The van der Waals surface area contributed by atoms with E-state index in [1.165, 1.54) is 0 Å². The maximum atomic E-state index is 11.6. The Bertz CT molecular complexity index is 188. The fourth-order valence-corrected chi connectivity index (χ4v) is 1.54. The average molecular weight is 199 g/mol. The van der Waals surface area contributed by atoms with E-state index < -0.39 is 0 Å². The summed E-state index contributed by atoms with van der Waals surface area (Å²) in [6.45, 7) is 5.74. The monoisotopic (exact) mass is 199 g/mol. The fourth-order valence-electron chi connectivity index (χ4n) is 1.54. The minimum Gasteiger partial charge on any atom is -0.353 e. The molecular formula is C10H21N3O. The third-order valence-corrected chi connectivity index (χ3v) is 2.89. The van der Waals surface area contributed by atoms with Crippen LogP contribution in [0.4, 0.5) is 0 Å². The lowest BCUT2D eigenvalue weighted by atomic mass is 10.0. The van der Waals surface area contributed by atoms with E-state index in [0.29, 0.717) is 6.04 Å². The number of nitrogens with two attached hydrogens (primary N) is 1. The average Bonchev–Trinajstić information content (AvgIpc) is 2.18. The summed E-state index contributed by atoms with van der Waals surface area (Å²) >= 11 is 0. The first-order valence-electron chi connectivity index (χ1n) is 5.38. The summed E-state index contributed by atoms with van der Waals surface area (Å²) in [7, 11) is 0. The van der Waals surface area contributed by atoms with Crippen molar-refractivity contribution in [1.82, 2.24) is 10.6 Å². The van der Waals surface area contributed by atoms with Crippen LogP contribution in [0.2, 0.25) is 0 Å². The van der Waals surface area contributed by atoms with Crippen molar-refractivity contribution < 1.29 is 4.79 Å². The van der Waals surface area contributed by atoms with E-state index in [2.05, 4.69) is 10.6 Å². The summed E-state index contributed by atoms with van der Waals surface area (Å²) in [6.07, 6.45) is 2.05. The van der Waals surface area contributed by atoms with Crippen molar-refractivity contribution in [1.29, 1.82) is 0 Å². The van der Waals surface area contributed by atoms with Gasteiger partial charge in [-0.2, -0.15) is 0 Å². The summed E-state index contributed by atoms with van der Waals surface area (Å²) in [5.74, 6) is -0.00298. The van der Waals surface area contributed by atoms with Crippen LogP contribution in [-0.4, -0.2) is 31.1 Å². The van der Waals surface area contributed by atoms with Crippen LogP contribution < -0.4 is 16.4 Å². The van der Waals surface area contributed by atoms with Crippen LogP contribution in [0.3, 0.4) is 0 Å². The van der Waals surface area contributed by atoms with Gasteiger partial charge in [0.15, 0.2) is 0 Å². The molecule has 82 valence electrons. The topological polar surface area (TPSA) is 67.2 Å². The molecule has 1 aliphatic rings. The van der Waals surface area contributed by atoms with Crippen molar-refractivity contribution in [3.05, 3.63) is 0 Å². The normalized spacial score (nSPS) is 22.8. The Morgan fingerprint density at radius 3 is 2.50 bits per heavy atom. The molecular weight excluding hydrogens is 178 g/mol. The molecule has 0 saturated carbocycles. The van der Waals surface area contributed by atoms with Gasteiger partial charge in [0, 0.05) is 18.0 Å². The van der Waals surface area contributed by atoms with Gasteiger partial charge in [0.25, 0.3) is 0 Å². The van der Waals surface area contributed by atoms with Crippen molar-refractivity contribution in [2.75, 3.05) is 13.1 Å². The van der Waals surface area contributed by atoms with E-state index >= 15 is 0 Å². The number of rotatable bonds is 3. The zero-order valence-electron chi connectivity index (χ0n) is 9.05. The van der Waals surface area contributed by atoms with Crippen LogP contribution in [0.1, 0.15) is 26.7 Å². The van der Waals surface area contributed by atoms with Gasteiger partial charge in [-0.1, -0.05) is 6.92 Å². The molecule has 0 spiro atoms. The van der Waals surface area contributed by atoms with Crippen molar-refractivity contribution in [3.8, 4) is 0 Å². The van der Waals surface area contributed by atoms with E-state index in [4.69, 9.17) is 5.73 Å². The van der Waals surface area contributed by atoms with Gasteiger partial charge in [-0.25, -0.2) is 0 Å². The zero-order valence-corrected chi connectivity index (χ0v) is 9.05. The van der Waals surface area contributed by atoms with Crippen LogP contribution in [0.15, 0.2) is 0 Å². The molecule has 0 aromatic heterocycles. The predicted molar refractivity (Wildman–Crippen MR) is 56.8 cm³/mol. The van der Waals surface area contributed by atoms with Crippen LogP contribution in [0.5, 0.6) is 0 Å². The lowest BCUT2D eigenvalue weighted by Crippen LogP contribution is -2.47. The second-order valence-corrected chi connectivity index (χ2v) is 4.18. The predicted octanol–water partition coefficient (Wildman–Crippen LogP) is -0.162. The fraction of sp³-hybridized carbons (Fsp3) is 0.900. The number of amides is 1. The van der Waals surface area contributed by atoms with Gasteiger partial charge in [0.1, 0.15) is 0 Å². The molecule has 0 radical (unpaired) electrons. The standard InChI is InChI=1S/C10H21N3O/c1-7(8(2)11)10(14)13-9-3-5-12-6-4-9/h7-9,12H,3-6,11H2,1-2H3,(H,13,14). The Labute approximate surface area is 85.6 Å². The van der Waals surface area contributed by atoms with E-state index in [9.17, 15) is 4.79 Å². The summed E-state index contributed by atoms with van der Waals surface area (Å²) in [6, 6.07) is 0.265. The van der Waals surface area contributed by atoms with E-state index in [1.54, 1.807) is 0 Å². The number of hydrogen-bond donors (Lipinski definition) is 3. The molecule has 1 aliphatic heterocycles. The van der Waals surface area contributed by atoms with Crippen molar-refractivity contribution in [3.63, 3.8) is 0 Å². The first-order valence-corrected chi connectivity index (χ1v) is 5.38. The molecule has 2 unspecified atom stereocenters. The largest absolute Gasteiger partial charge is 0.353 e. The van der Waals surface area contributed by atoms with Gasteiger partial charge in [0.05, 0.1) is 0 Å². The molecule has 0 aliphatic carbocycles. The molecule has 4 nitrogen and oxygen atoms in total. The molecule has 2 atom stereocenters. The second kappa shape index (κ2) is 5.32. The summed E-state index contributed by atoms with van der Waals surface area (Å²) in [4.78, 5) is 11.6. The Hall–Kier alpha value is -0.610. The third-order valence-electron chi connectivity index (χ3n) is 2.89. The molecule has 4 heteroatoms. The maximum Gasteiger partial charge on any atom is 0.224 e. The maximum absolute atomic E-state index is 11.6. The molecule has 0 aromatic carbocycles. The highest BCUT2D eigenvalue weighted by molar-refractivity contribution is 5.79. The van der Waals surface area contributed by atoms with Gasteiger partial charge in [0.2, 0.25) is 5.91 Å². The van der Waals surface area contributed by atoms with Gasteiger partial charge in [-0.05, 0) is 32.9 Å². The quantitative estimate of drug-likeness (QED) is 0.591. The minimum absolute atomic E-state index is 0.0725. The Balaban J connectivity index is 2.31. The lowest BCUT2D eigenvalue weighted by Gasteiger charge is -2.26. The molecule has 0 aromatic rings. The van der Waals surface area contributed by atoms with E-state index in [1.807, 2.05) is 13.8 Å². The van der Waals surface area contributed by atoms with Crippen LogP contribution in [-0.2, 0) is 4.79 Å². The third kappa shape index (κ3) is 3.27. The summed E-state index contributed by atoms with van der Waals surface area (Å²) in [5, 5.41) is 6.30.